The zero-order chi connectivity index (χ0) is 25.0. The maximum absolute atomic E-state index is 12.6. The minimum absolute atomic E-state index is 0.0253. The van der Waals surface area contributed by atoms with E-state index >= 15 is 0 Å². The topological polar surface area (TPSA) is 69.3 Å². The van der Waals surface area contributed by atoms with Crippen LogP contribution in [0, 0.1) is 5.92 Å². The van der Waals surface area contributed by atoms with Crippen LogP contribution in [0.2, 0.25) is 0 Å². The number of benzene rings is 2. The molecule has 1 aromatic heterocycles. The van der Waals surface area contributed by atoms with Crippen molar-refractivity contribution < 1.29 is 4.79 Å². The molecule has 0 saturated heterocycles. The van der Waals surface area contributed by atoms with Crippen LogP contribution >= 0.6 is 0 Å². The van der Waals surface area contributed by atoms with E-state index in [9.17, 15) is 4.79 Å². The molecule has 186 valence electrons. The van der Waals surface area contributed by atoms with E-state index in [0.29, 0.717) is 18.5 Å². The average molecular weight is 474 g/mol. The van der Waals surface area contributed by atoms with Gasteiger partial charge in [0.15, 0.2) is 0 Å². The van der Waals surface area contributed by atoms with Crippen molar-refractivity contribution >= 4 is 34.1 Å². The van der Waals surface area contributed by atoms with Crippen molar-refractivity contribution in [3.05, 3.63) is 60.2 Å². The fourth-order valence-electron chi connectivity index (χ4n) is 4.97. The van der Waals surface area contributed by atoms with Crippen molar-refractivity contribution in [2.45, 2.75) is 57.9 Å². The predicted octanol–water partition coefficient (Wildman–Crippen LogP) is 6.39. The van der Waals surface area contributed by atoms with Gasteiger partial charge in [0.25, 0.3) is 0 Å². The second kappa shape index (κ2) is 10.5. The Morgan fingerprint density at radius 3 is 2.40 bits per heavy atom. The minimum Gasteiger partial charge on any atom is -0.377 e. The number of nitrogens with one attached hydrogen (secondary N) is 3. The Bertz CT molecular complexity index is 1160. The molecule has 0 spiro atoms. The van der Waals surface area contributed by atoms with Crippen LogP contribution in [0.3, 0.4) is 0 Å². The van der Waals surface area contributed by atoms with Gasteiger partial charge in [0.1, 0.15) is 5.82 Å². The summed E-state index contributed by atoms with van der Waals surface area (Å²) in [5, 5.41) is 11.0. The molecule has 3 aromatic rings. The lowest BCUT2D eigenvalue weighted by Crippen LogP contribution is -2.36. The molecule has 1 fully saturated rings. The number of hydrogen-bond acceptors (Lipinski definition) is 4. The molecular weight excluding hydrogens is 434 g/mol. The van der Waals surface area contributed by atoms with Crippen LogP contribution in [0.5, 0.6) is 0 Å². The quantitative estimate of drug-likeness (QED) is 0.388. The standard InChI is InChI=1S/C29H39N5O/c1-29(2,3)23-11-7-9-13-25(23)33-28(35)30-19-20-14-16-21(17-15-20)31-27-18-26(34(4)5)22-10-6-8-12-24(22)32-27/h6-13,18,20-21H,14-17,19H2,1-5H3,(H,31,32)(H2,30,33,35)/t20-,21+. The maximum Gasteiger partial charge on any atom is 0.319 e. The summed E-state index contributed by atoms with van der Waals surface area (Å²) in [6, 6.07) is 18.7. The fraction of sp³-hybridized carbons (Fsp3) is 0.448. The number of fused-ring (bicyclic) bond motifs is 1. The van der Waals surface area contributed by atoms with Crippen molar-refractivity contribution in [2.24, 2.45) is 5.92 Å². The number of pyridine rings is 1. The summed E-state index contributed by atoms with van der Waals surface area (Å²) >= 11 is 0. The molecule has 0 radical (unpaired) electrons. The predicted molar refractivity (Wildman–Crippen MR) is 148 cm³/mol. The van der Waals surface area contributed by atoms with Crippen LogP contribution in [0.25, 0.3) is 10.9 Å². The third kappa shape index (κ3) is 6.24. The second-order valence-corrected chi connectivity index (χ2v) is 10.9. The molecule has 2 amide bonds. The van der Waals surface area contributed by atoms with Crippen LogP contribution in [0.15, 0.2) is 54.6 Å². The molecule has 6 nitrogen and oxygen atoms in total. The first-order chi connectivity index (χ1) is 16.7. The Labute approximate surface area is 209 Å². The Hall–Kier alpha value is -3.28. The van der Waals surface area contributed by atoms with Gasteiger partial charge in [-0.25, -0.2) is 9.78 Å². The molecular formula is C29H39N5O. The van der Waals surface area contributed by atoms with Gasteiger partial charge in [0.05, 0.1) is 5.52 Å². The summed E-state index contributed by atoms with van der Waals surface area (Å²) in [5.41, 5.74) is 4.18. The third-order valence-corrected chi connectivity index (χ3v) is 6.91. The number of hydrogen-bond donors (Lipinski definition) is 3. The molecule has 1 aliphatic rings. The number of para-hydroxylation sites is 2. The van der Waals surface area contributed by atoms with Crippen LogP contribution in [0.1, 0.15) is 52.0 Å². The van der Waals surface area contributed by atoms with E-state index in [4.69, 9.17) is 4.98 Å². The zero-order valence-corrected chi connectivity index (χ0v) is 21.7. The highest BCUT2D eigenvalue weighted by molar-refractivity contribution is 5.93. The normalized spacial score (nSPS) is 18.2. The molecule has 0 aliphatic heterocycles. The van der Waals surface area contributed by atoms with Gasteiger partial charge in [-0.2, -0.15) is 0 Å². The summed E-state index contributed by atoms with van der Waals surface area (Å²) in [7, 11) is 4.14. The van der Waals surface area contributed by atoms with Crippen molar-refractivity contribution in [1.82, 2.24) is 10.3 Å². The van der Waals surface area contributed by atoms with Crippen molar-refractivity contribution in [1.29, 1.82) is 0 Å². The van der Waals surface area contributed by atoms with Gasteiger partial charge in [0.2, 0.25) is 0 Å². The van der Waals surface area contributed by atoms with Gasteiger partial charge in [0, 0.05) is 49.5 Å². The lowest BCUT2D eigenvalue weighted by molar-refractivity contribution is 0.246. The maximum atomic E-state index is 12.6. The highest BCUT2D eigenvalue weighted by Crippen LogP contribution is 2.31. The van der Waals surface area contributed by atoms with Crippen LogP contribution in [-0.4, -0.2) is 37.7 Å². The number of nitrogens with zero attached hydrogens (tertiary/aromatic N) is 2. The average Bonchev–Trinajstić information content (AvgIpc) is 2.82. The summed E-state index contributed by atoms with van der Waals surface area (Å²) in [5.74, 6) is 1.43. The molecule has 0 bridgehead atoms. The van der Waals surface area contributed by atoms with Crippen LogP contribution in [-0.2, 0) is 5.41 Å². The number of anilines is 3. The smallest absolute Gasteiger partial charge is 0.319 e. The molecule has 4 rings (SSSR count). The number of carbonyl (C=O) groups is 1. The number of urea groups is 1. The number of aromatic nitrogens is 1. The van der Waals surface area contributed by atoms with Gasteiger partial charge in [-0.1, -0.05) is 57.2 Å². The van der Waals surface area contributed by atoms with Gasteiger partial charge in [-0.3, -0.25) is 0 Å². The molecule has 6 heteroatoms. The SMILES string of the molecule is CN(C)c1cc(N[C@H]2CC[C@@H](CNC(=O)Nc3ccccc3C(C)(C)C)CC2)nc2ccccc12. The minimum atomic E-state index is -0.126. The van der Waals surface area contributed by atoms with Gasteiger partial charge in [-0.05, 0) is 54.7 Å². The van der Waals surface area contributed by atoms with E-state index in [1.54, 1.807) is 0 Å². The summed E-state index contributed by atoms with van der Waals surface area (Å²) in [6.45, 7) is 7.18. The van der Waals surface area contributed by atoms with E-state index in [-0.39, 0.29) is 11.4 Å². The first kappa shape index (κ1) is 24.8. The highest BCUT2D eigenvalue weighted by Gasteiger charge is 2.23. The first-order valence-electron chi connectivity index (χ1n) is 12.7. The Balaban J connectivity index is 1.28. The Morgan fingerprint density at radius 2 is 1.69 bits per heavy atom. The molecule has 35 heavy (non-hydrogen) atoms. The molecule has 3 N–H and O–H groups in total. The lowest BCUT2D eigenvalue weighted by Gasteiger charge is -2.30. The van der Waals surface area contributed by atoms with Gasteiger partial charge in [-0.15, -0.1) is 0 Å². The Morgan fingerprint density at radius 1 is 1.00 bits per heavy atom. The second-order valence-electron chi connectivity index (χ2n) is 10.9. The van der Waals surface area contributed by atoms with Crippen molar-refractivity contribution in [3.8, 4) is 0 Å². The number of rotatable bonds is 6. The largest absolute Gasteiger partial charge is 0.377 e. The molecule has 1 aliphatic carbocycles. The zero-order valence-electron chi connectivity index (χ0n) is 21.7. The summed E-state index contributed by atoms with van der Waals surface area (Å²) in [4.78, 5) is 19.6. The first-order valence-corrected chi connectivity index (χ1v) is 12.7. The van der Waals surface area contributed by atoms with Crippen molar-refractivity contribution in [3.63, 3.8) is 0 Å². The van der Waals surface area contributed by atoms with E-state index in [0.717, 1.165) is 48.3 Å². The molecule has 0 unspecified atom stereocenters. The summed E-state index contributed by atoms with van der Waals surface area (Å²) in [6.07, 6.45) is 4.33. The van der Waals surface area contributed by atoms with Crippen LogP contribution in [0.4, 0.5) is 22.0 Å². The molecule has 1 heterocycles. The van der Waals surface area contributed by atoms with E-state index < -0.39 is 0 Å². The van der Waals surface area contributed by atoms with E-state index in [2.05, 4.69) is 86.0 Å². The highest BCUT2D eigenvalue weighted by atomic mass is 16.2. The van der Waals surface area contributed by atoms with E-state index in [1.165, 1.54) is 11.1 Å². The van der Waals surface area contributed by atoms with Crippen molar-refractivity contribution in [2.75, 3.05) is 36.2 Å². The van der Waals surface area contributed by atoms with E-state index in [1.807, 2.05) is 24.3 Å². The fourth-order valence-corrected chi connectivity index (χ4v) is 4.97. The Kier molecular flexibility index (Phi) is 7.48. The van der Waals surface area contributed by atoms with Crippen LogP contribution < -0.4 is 20.9 Å². The summed E-state index contributed by atoms with van der Waals surface area (Å²) < 4.78 is 0. The number of carbonyl (C=O) groups excluding carboxylic acids is 1. The monoisotopic (exact) mass is 473 g/mol. The lowest BCUT2D eigenvalue weighted by atomic mass is 9.85. The van der Waals surface area contributed by atoms with Gasteiger partial charge >= 0.3 is 6.03 Å². The number of amides is 2. The molecule has 1 saturated carbocycles. The third-order valence-electron chi connectivity index (χ3n) is 6.91. The molecule has 0 atom stereocenters. The van der Waals surface area contributed by atoms with Gasteiger partial charge < -0.3 is 20.9 Å². The molecule has 2 aromatic carbocycles.